The molecule has 9 heavy (non-hydrogen) atoms. The van der Waals surface area contributed by atoms with Gasteiger partial charge in [0.05, 0.1) is 0 Å². The molecule has 0 saturated carbocycles. The number of ether oxygens (including phenoxy) is 1. The fourth-order valence-corrected chi connectivity index (χ4v) is 0.526. The molecule has 0 rings (SSSR count). The number of hydrogen-bond donors (Lipinski definition) is 0. The molecule has 0 aromatic rings. The largest absolute Gasteiger partial charge is 0.486 e. The lowest BCUT2D eigenvalue weighted by Crippen LogP contribution is -1.83. The summed E-state index contributed by atoms with van der Waals surface area (Å²) in [5.74, 6) is 0. The Morgan fingerprint density at radius 3 is 2.78 bits per heavy atom. The third-order valence-corrected chi connectivity index (χ3v) is 1.02. The lowest BCUT2D eigenvalue weighted by atomic mass is 10.3. The maximum Gasteiger partial charge on any atom is 0.146 e. The van der Waals surface area contributed by atoms with E-state index in [4.69, 9.17) is 4.74 Å². The van der Waals surface area contributed by atoms with Gasteiger partial charge in [-0.1, -0.05) is 25.5 Å². The Bertz CT molecular complexity index is 88.9. The molecule has 0 N–H and O–H groups in total. The molecule has 0 spiro atoms. The van der Waals surface area contributed by atoms with Crippen LogP contribution in [0.1, 0.15) is 19.8 Å². The topological polar surface area (TPSA) is 9.23 Å². The summed E-state index contributed by atoms with van der Waals surface area (Å²) in [5, 5.41) is 0. The monoisotopic (exact) mass is 144 g/mol. The highest BCUT2D eigenvalue weighted by Crippen LogP contribution is 1.87. The van der Waals surface area contributed by atoms with Crippen molar-refractivity contribution in [2.75, 3.05) is 6.61 Å². The molecular formula is C7H12OS. The Morgan fingerprint density at radius 2 is 2.22 bits per heavy atom. The first kappa shape index (κ1) is 8.63. The van der Waals surface area contributed by atoms with Gasteiger partial charge in [0.2, 0.25) is 0 Å². The molecule has 1 nitrogen and oxygen atoms in total. The normalized spacial score (nSPS) is 9.89. The molecule has 0 radical (unpaired) electrons. The van der Waals surface area contributed by atoms with E-state index in [1.165, 1.54) is 12.0 Å². The highest BCUT2D eigenvalue weighted by molar-refractivity contribution is 7.78. The van der Waals surface area contributed by atoms with Crippen LogP contribution in [0.25, 0.3) is 0 Å². The van der Waals surface area contributed by atoms with E-state index in [-0.39, 0.29) is 0 Å². The molecule has 0 aromatic carbocycles. The summed E-state index contributed by atoms with van der Waals surface area (Å²) < 4.78 is 4.78. The van der Waals surface area contributed by atoms with Crippen molar-refractivity contribution in [3.05, 3.63) is 12.2 Å². The molecule has 0 heterocycles. The summed E-state index contributed by atoms with van der Waals surface area (Å²) in [6.07, 6.45) is 6.39. The maximum atomic E-state index is 4.78. The Hall–Kier alpha value is -0.370. The molecular weight excluding hydrogens is 132 g/mol. The van der Waals surface area contributed by atoms with Crippen LogP contribution in [0.3, 0.4) is 0 Å². The number of allylic oxidation sites excluding steroid dienone is 1. The third-order valence-electron chi connectivity index (χ3n) is 0.882. The minimum atomic E-state index is 0.615. The van der Waals surface area contributed by atoms with Crippen LogP contribution in [0.5, 0.6) is 0 Å². The summed E-state index contributed by atoms with van der Waals surface area (Å²) in [4.78, 5) is 0. The highest BCUT2D eigenvalue weighted by Gasteiger charge is 1.73. The number of rotatable bonds is 5. The van der Waals surface area contributed by atoms with Crippen molar-refractivity contribution in [3.63, 3.8) is 0 Å². The van der Waals surface area contributed by atoms with Crippen LogP contribution >= 0.6 is 12.2 Å². The zero-order chi connectivity index (χ0) is 6.95. The van der Waals surface area contributed by atoms with Crippen LogP contribution in [0.15, 0.2) is 12.2 Å². The molecule has 0 aliphatic carbocycles. The van der Waals surface area contributed by atoms with Gasteiger partial charge in [0.25, 0.3) is 0 Å². The molecule has 0 unspecified atom stereocenters. The SMILES string of the molecule is CCCC=CCOC=S. The second-order valence-corrected chi connectivity index (χ2v) is 1.88. The van der Waals surface area contributed by atoms with Crippen molar-refractivity contribution < 1.29 is 4.74 Å². The fraction of sp³-hybridized carbons (Fsp3) is 0.571. The molecule has 0 aromatic heterocycles. The Balaban J connectivity index is 2.94. The van der Waals surface area contributed by atoms with Crippen molar-refractivity contribution in [1.29, 1.82) is 0 Å². The minimum absolute atomic E-state index is 0.615. The van der Waals surface area contributed by atoms with Crippen molar-refractivity contribution in [3.8, 4) is 0 Å². The van der Waals surface area contributed by atoms with Crippen LogP contribution in [0.2, 0.25) is 0 Å². The summed E-state index contributed by atoms with van der Waals surface area (Å²) in [6, 6.07) is 0. The Labute approximate surface area is 61.7 Å². The zero-order valence-electron chi connectivity index (χ0n) is 5.67. The quantitative estimate of drug-likeness (QED) is 0.333. The molecule has 0 saturated heterocycles. The molecule has 0 fully saturated rings. The molecule has 0 aliphatic rings. The van der Waals surface area contributed by atoms with E-state index in [0.29, 0.717) is 6.61 Å². The molecule has 0 bridgehead atoms. The number of thiocarbonyl (C=S) groups is 1. The summed E-state index contributed by atoms with van der Waals surface area (Å²) >= 11 is 4.45. The minimum Gasteiger partial charge on any atom is -0.486 e. The van der Waals surface area contributed by atoms with E-state index in [9.17, 15) is 0 Å². The Kier molecular flexibility index (Phi) is 7.32. The smallest absolute Gasteiger partial charge is 0.146 e. The van der Waals surface area contributed by atoms with Gasteiger partial charge in [0, 0.05) is 0 Å². The molecule has 52 valence electrons. The van der Waals surface area contributed by atoms with Gasteiger partial charge in [-0.2, -0.15) is 0 Å². The lowest BCUT2D eigenvalue weighted by molar-refractivity contribution is 0.375. The van der Waals surface area contributed by atoms with Crippen molar-refractivity contribution >= 4 is 17.8 Å². The van der Waals surface area contributed by atoms with Crippen molar-refractivity contribution in [2.24, 2.45) is 0 Å². The van der Waals surface area contributed by atoms with Gasteiger partial charge in [0.15, 0.2) is 0 Å². The predicted octanol–water partition coefficient (Wildman–Crippen LogP) is 2.32. The highest BCUT2D eigenvalue weighted by atomic mass is 32.1. The zero-order valence-corrected chi connectivity index (χ0v) is 6.49. The summed E-state index contributed by atoms with van der Waals surface area (Å²) in [6.45, 7) is 2.76. The third kappa shape index (κ3) is 7.63. The van der Waals surface area contributed by atoms with E-state index < -0.39 is 0 Å². The van der Waals surface area contributed by atoms with Gasteiger partial charge in [-0.05, 0) is 18.6 Å². The van der Waals surface area contributed by atoms with E-state index in [1.807, 2.05) is 6.08 Å². The molecule has 2 heteroatoms. The van der Waals surface area contributed by atoms with Gasteiger partial charge in [-0.15, -0.1) is 0 Å². The van der Waals surface area contributed by atoms with Crippen LogP contribution in [0, 0.1) is 0 Å². The van der Waals surface area contributed by atoms with Crippen LogP contribution in [0.4, 0.5) is 0 Å². The molecule has 0 aliphatic heterocycles. The van der Waals surface area contributed by atoms with Crippen LogP contribution in [-0.2, 0) is 4.74 Å². The van der Waals surface area contributed by atoms with Gasteiger partial charge >= 0.3 is 0 Å². The van der Waals surface area contributed by atoms with E-state index in [0.717, 1.165) is 6.42 Å². The lowest BCUT2D eigenvalue weighted by Gasteiger charge is -1.89. The van der Waals surface area contributed by atoms with Crippen molar-refractivity contribution in [1.82, 2.24) is 0 Å². The number of hydrogen-bond acceptors (Lipinski definition) is 2. The fourth-order valence-electron chi connectivity index (χ4n) is 0.447. The van der Waals surface area contributed by atoms with Gasteiger partial charge in [-0.3, -0.25) is 0 Å². The van der Waals surface area contributed by atoms with Crippen LogP contribution in [-0.4, -0.2) is 12.2 Å². The van der Waals surface area contributed by atoms with E-state index in [1.54, 1.807) is 0 Å². The second-order valence-electron chi connectivity index (χ2n) is 1.69. The average Bonchev–Trinajstić information content (AvgIpc) is 1.89. The van der Waals surface area contributed by atoms with E-state index in [2.05, 4.69) is 25.2 Å². The standard InChI is InChI=1S/C7H12OS/c1-2-3-4-5-6-8-7-9/h4-5,7H,2-3,6H2,1H3. The molecule has 0 atom stereocenters. The second kappa shape index (κ2) is 7.63. The summed E-state index contributed by atoms with van der Waals surface area (Å²) in [5.41, 5.74) is 1.29. The summed E-state index contributed by atoms with van der Waals surface area (Å²) in [7, 11) is 0. The Morgan fingerprint density at radius 1 is 1.44 bits per heavy atom. The maximum absolute atomic E-state index is 4.78. The van der Waals surface area contributed by atoms with Gasteiger partial charge < -0.3 is 4.74 Å². The first-order valence-electron chi connectivity index (χ1n) is 3.12. The average molecular weight is 144 g/mol. The first-order chi connectivity index (χ1) is 4.41. The predicted molar refractivity (Wildman–Crippen MR) is 43.7 cm³/mol. The van der Waals surface area contributed by atoms with Crippen molar-refractivity contribution in [2.45, 2.75) is 19.8 Å². The van der Waals surface area contributed by atoms with Gasteiger partial charge in [-0.25, -0.2) is 0 Å². The van der Waals surface area contributed by atoms with E-state index >= 15 is 0 Å². The first-order valence-corrected chi connectivity index (χ1v) is 3.59. The number of unbranched alkanes of at least 4 members (excludes halogenated alkanes) is 1. The van der Waals surface area contributed by atoms with Gasteiger partial charge in [0.1, 0.15) is 12.2 Å². The van der Waals surface area contributed by atoms with Crippen LogP contribution < -0.4 is 0 Å². The molecule has 0 amide bonds.